The van der Waals surface area contributed by atoms with Crippen LogP contribution < -0.4 is 24.8 Å². The molecule has 2 heterocycles. The number of nitrogens with one attached hydrogen (secondary N) is 3. The molecule has 3 atom stereocenters. The number of pyridine rings is 1. The van der Waals surface area contributed by atoms with Crippen molar-refractivity contribution >= 4 is 44.7 Å². The number of amides is 4. The minimum absolute atomic E-state index is 0.0255. The van der Waals surface area contributed by atoms with Gasteiger partial charge in [-0.3, -0.25) is 19.1 Å². The SMILES string of the molecule is COc1ccc2c(O[C@@H]3C[C@@H](C(=O)NC4(C(=O)NS(=O)(=O)C5(Cc6ccccc6)CC5)CC4)N(C(=O)[C@@H](NC(=O)OC(C)(C)C)C(C)(C)C)C3)cc(-c3ccccc3)nc2c1. The minimum atomic E-state index is -4.11. The second-order valence-electron chi connectivity index (χ2n) is 18.5. The third kappa shape index (κ3) is 9.61. The van der Waals surface area contributed by atoms with E-state index in [1.54, 1.807) is 60.8 Å². The Morgan fingerprint density at radius 2 is 1.54 bits per heavy atom. The van der Waals surface area contributed by atoms with Gasteiger partial charge in [0.05, 0.1) is 29.6 Å². The number of hydrogen-bond acceptors (Lipinski definition) is 10. The van der Waals surface area contributed by atoms with Crippen molar-refractivity contribution in [1.29, 1.82) is 0 Å². The molecule has 1 aliphatic heterocycles. The van der Waals surface area contributed by atoms with Crippen LogP contribution in [0, 0.1) is 5.41 Å². The van der Waals surface area contributed by atoms with Gasteiger partial charge in [0.1, 0.15) is 40.8 Å². The highest BCUT2D eigenvalue weighted by atomic mass is 32.2. The molecule has 3 N–H and O–H groups in total. The van der Waals surface area contributed by atoms with Crippen molar-refractivity contribution in [3.8, 4) is 22.8 Å². The zero-order chi connectivity index (χ0) is 44.0. The Hall–Kier alpha value is -5.70. The number of hydrogen-bond donors (Lipinski definition) is 3. The van der Waals surface area contributed by atoms with E-state index in [0.29, 0.717) is 40.9 Å². The van der Waals surface area contributed by atoms with Crippen molar-refractivity contribution in [2.75, 3.05) is 13.7 Å². The van der Waals surface area contributed by atoms with Crippen LogP contribution in [0.25, 0.3) is 22.2 Å². The van der Waals surface area contributed by atoms with Gasteiger partial charge in [0.2, 0.25) is 21.8 Å². The van der Waals surface area contributed by atoms with E-state index >= 15 is 0 Å². The van der Waals surface area contributed by atoms with Gasteiger partial charge < -0.3 is 29.7 Å². The molecule has 15 heteroatoms. The maximum Gasteiger partial charge on any atom is 0.408 e. The Morgan fingerprint density at radius 3 is 2.13 bits per heavy atom. The van der Waals surface area contributed by atoms with E-state index in [2.05, 4.69) is 15.4 Å². The fourth-order valence-electron chi connectivity index (χ4n) is 7.78. The molecular weight excluding hydrogens is 799 g/mol. The second kappa shape index (κ2) is 16.3. The van der Waals surface area contributed by atoms with E-state index in [0.717, 1.165) is 11.1 Å². The standard InChI is InChI=1S/C46H55N5O9S/c1-43(2,3)38(48-42(55)60-44(4,5)6)40(53)51-28-32(59-37-26-34(30-16-12-9-13-17-30)47-35-24-31(58-7)18-19-33(35)37)25-36(51)39(52)49-46(22-23-46)41(54)50-61(56,57)45(20-21-45)27-29-14-10-8-11-15-29/h8-19,24,26,32,36,38H,20-23,25,27-28H2,1-7H3,(H,48,55)(H,49,52)(H,50,54)/t32-,36+,38-/m1/s1. The molecule has 2 saturated carbocycles. The number of ether oxygens (including phenoxy) is 3. The molecule has 3 fully saturated rings. The predicted molar refractivity (Wildman–Crippen MR) is 230 cm³/mol. The first-order chi connectivity index (χ1) is 28.7. The quantitative estimate of drug-likeness (QED) is 0.143. The fraction of sp³-hybridized carbons (Fsp3) is 0.457. The number of benzene rings is 3. The van der Waals surface area contributed by atoms with Crippen LogP contribution in [0.3, 0.4) is 0 Å². The van der Waals surface area contributed by atoms with Gasteiger partial charge in [-0.05, 0) is 76.0 Å². The Labute approximate surface area is 357 Å². The van der Waals surface area contributed by atoms with Gasteiger partial charge in [-0.25, -0.2) is 18.2 Å². The van der Waals surface area contributed by atoms with Gasteiger partial charge in [0.15, 0.2) is 0 Å². The molecule has 14 nitrogen and oxygen atoms in total. The molecule has 0 bridgehead atoms. The summed E-state index contributed by atoms with van der Waals surface area (Å²) in [5.74, 6) is -0.931. The largest absolute Gasteiger partial charge is 0.497 e. The highest BCUT2D eigenvalue weighted by Crippen LogP contribution is 2.47. The molecule has 4 aromatic rings. The summed E-state index contributed by atoms with van der Waals surface area (Å²) in [5, 5.41) is 6.27. The lowest BCUT2D eigenvalue weighted by Gasteiger charge is -2.36. The van der Waals surface area contributed by atoms with Crippen LogP contribution in [0.4, 0.5) is 4.79 Å². The smallest absolute Gasteiger partial charge is 0.408 e. The van der Waals surface area contributed by atoms with Crippen molar-refractivity contribution in [3.05, 3.63) is 90.5 Å². The highest BCUT2D eigenvalue weighted by molar-refractivity contribution is 7.91. The van der Waals surface area contributed by atoms with E-state index in [-0.39, 0.29) is 32.2 Å². The summed E-state index contributed by atoms with van der Waals surface area (Å²) < 4.78 is 46.4. The average Bonchev–Trinajstić information content (AvgIpc) is 4.13. The molecular formula is C46H55N5O9S. The van der Waals surface area contributed by atoms with E-state index in [9.17, 15) is 27.6 Å². The van der Waals surface area contributed by atoms with Crippen molar-refractivity contribution < 1.29 is 41.8 Å². The van der Waals surface area contributed by atoms with Crippen molar-refractivity contribution in [2.45, 2.75) is 114 Å². The van der Waals surface area contributed by atoms with Gasteiger partial charge >= 0.3 is 6.09 Å². The van der Waals surface area contributed by atoms with E-state index in [1.165, 1.54) is 4.90 Å². The highest BCUT2D eigenvalue weighted by Gasteiger charge is 2.59. The number of sulfonamides is 1. The first-order valence-electron chi connectivity index (χ1n) is 20.7. The Morgan fingerprint density at radius 1 is 0.885 bits per heavy atom. The number of likely N-dealkylation sites (tertiary alicyclic amines) is 1. The monoisotopic (exact) mass is 853 g/mol. The van der Waals surface area contributed by atoms with Crippen LogP contribution in [0.2, 0.25) is 0 Å². The lowest BCUT2D eigenvalue weighted by Crippen LogP contribution is -2.60. The number of nitrogens with zero attached hydrogens (tertiary/aromatic N) is 2. The maximum absolute atomic E-state index is 14.7. The zero-order valence-corrected chi connectivity index (χ0v) is 36.6. The lowest BCUT2D eigenvalue weighted by atomic mass is 9.85. The van der Waals surface area contributed by atoms with Gasteiger partial charge in [-0.2, -0.15) is 0 Å². The Balaban J connectivity index is 1.17. The molecule has 0 spiro atoms. The normalized spacial score (nSPS) is 19.6. The topological polar surface area (TPSA) is 182 Å². The molecule has 1 saturated heterocycles. The zero-order valence-electron chi connectivity index (χ0n) is 35.7. The molecule has 61 heavy (non-hydrogen) atoms. The van der Waals surface area contributed by atoms with Gasteiger partial charge in [0.25, 0.3) is 5.91 Å². The summed E-state index contributed by atoms with van der Waals surface area (Å²) in [6, 6.07) is 23.8. The van der Waals surface area contributed by atoms with Crippen LogP contribution in [0.1, 0.15) is 79.2 Å². The van der Waals surface area contributed by atoms with Crippen molar-refractivity contribution in [2.24, 2.45) is 5.41 Å². The number of carbonyl (C=O) groups is 4. The number of carbonyl (C=O) groups excluding carboxylic acids is 4. The van der Waals surface area contributed by atoms with Crippen LogP contribution in [-0.2, 0) is 35.6 Å². The summed E-state index contributed by atoms with van der Waals surface area (Å²) in [5.41, 5.74) is -0.207. The molecule has 324 valence electrons. The lowest BCUT2D eigenvalue weighted by molar-refractivity contribution is -0.143. The summed E-state index contributed by atoms with van der Waals surface area (Å²) in [6.07, 6.45) is 0.00512. The molecule has 1 aromatic heterocycles. The number of alkyl carbamates (subject to hydrolysis) is 1. The Bertz CT molecular complexity index is 2420. The third-order valence-corrected chi connectivity index (χ3v) is 13.6. The summed E-state index contributed by atoms with van der Waals surface area (Å²) in [6.45, 7) is 10.5. The average molecular weight is 854 g/mol. The first kappa shape index (κ1) is 43.4. The molecule has 0 radical (unpaired) electrons. The summed E-state index contributed by atoms with van der Waals surface area (Å²) >= 11 is 0. The number of methoxy groups -OCH3 is 1. The van der Waals surface area contributed by atoms with Gasteiger partial charge in [0, 0.05) is 29.5 Å². The predicted octanol–water partition coefficient (Wildman–Crippen LogP) is 6.07. The van der Waals surface area contributed by atoms with Gasteiger partial charge in [-0.1, -0.05) is 81.4 Å². The Kier molecular flexibility index (Phi) is 11.6. The number of aromatic nitrogens is 1. The fourth-order valence-corrected chi connectivity index (χ4v) is 9.43. The summed E-state index contributed by atoms with van der Waals surface area (Å²) in [7, 11) is -2.54. The first-order valence-corrected chi connectivity index (χ1v) is 22.1. The van der Waals surface area contributed by atoms with Crippen molar-refractivity contribution in [1.82, 2.24) is 25.2 Å². The van der Waals surface area contributed by atoms with Crippen LogP contribution in [0.15, 0.2) is 84.9 Å². The maximum atomic E-state index is 14.7. The van der Waals surface area contributed by atoms with Gasteiger partial charge in [-0.15, -0.1) is 0 Å². The number of rotatable bonds is 13. The van der Waals surface area contributed by atoms with E-state index < -0.39 is 73.3 Å². The molecule has 7 rings (SSSR count). The molecule has 0 unspecified atom stereocenters. The van der Waals surface area contributed by atoms with E-state index in [1.807, 2.05) is 72.8 Å². The van der Waals surface area contributed by atoms with Crippen LogP contribution >= 0.6 is 0 Å². The minimum Gasteiger partial charge on any atom is -0.497 e. The summed E-state index contributed by atoms with van der Waals surface area (Å²) in [4.78, 5) is 62.5. The second-order valence-corrected chi connectivity index (χ2v) is 20.6. The van der Waals surface area contributed by atoms with Crippen LogP contribution in [-0.4, -0.2) is 89.8 Å². The third-order valence-electron chi connectivity index (χ3n) is 11.5. The molecule has 4 amide bonds. The van der Waals surface area contributed by atoms with Crippen LogP contribution in [0.5, 0.6) is 11.5 Å². The molecule has 3 aliphatic rings. The molecule has 3 aromatic carbocycles. The number of fused-ring (bicyclic) bond motifs is 1. The molecule has 2 aliphatic carbocycles. The van der Waals surface area contributed by atoms with E-state index in [4.69, 9.17) is 19.2 Å². The van der Waals surface area contributed by atoms with Crippen molar-refractivity contribution in [3.63, 3.8) is 0 Å².